The number of allylic oxidation sites excluding steroid dienone is 3. The van der Waals surface area contributed by atoms with Gasteiger partial charge in [-0.15, -0.1) is 11.3 Å². The van der Waals surface area contributed by atoms with E-state index in [1.165, 1.54) is 11.0 Å². The number of cyclic esters (lactones) is 1. The summed E-state index contributed by atoms with van der Waals surface area (Å²) in [7, 11) is 0. The molecule has 1 aromatic heterocycles. The fraction of sp³-hybridized carbons (Fsp3) is 0.143. The third-order valence-corrected chi connectivity index (χ3v) is 5.43. The highest BCUT2D eigenvalue weighted by Crippen LogP contribution is 2.30. The van der Waals surface area contributed by atoms with Crippen LogP contribution in [0.3, 0.4) is 0 Å². The number of thiazole rings is 1. The van der Waals surface area contributed by atoms with E-state index < -0.39 is 6.09 Å². The first kappa shape index (κ1) is 16.5. The molecule has 0 radical (unpaired) electrons. The molecule has 1 aliphatic rings. The maximum atomic E-state index is 11.6. The van der Waals surface area contributed by atoms with E-state index in [2.05, 4.69) is 42.6 Å². The quantitative estimate of drug-likeness (QED) is 0.674. The van der Waals surface area contributed by atoms with Gasteiger partial charge in [-0.1, -0.05) is 43.3 Å². The first-order valence-electron chi connectivity index (χ1n) is 8.54. The minimum absolute atomic E-state index is 0.439. The van der Waals surface area contributed by atoms with Crippen LogP contribution in [-0.2, 0) is 11.2 Å². The van der Waals surface area contributed by atoms with Gasteiger partial charge in [0.25, 0.3) is 0 Å². The number of amides is 1. The number of hydrogen-bond acceptors (Lipinski definition) is 4. The molecule has 0 fully saturated rings. The number of nitrogens with one attached hydrogen (secondary N) is 1. The summed E-state index contributed by atoms with van der Waals surface area (Å²) in [6, 6.07) is 16.5. The monoisotopic (exact) mass is 362 g/mol. The molecule has 0 unspecified atom stereocenters. The lowest BCUT2D eigenvalue weighted by atomic mass is 10.0. The SMILES string of the molecule is CCC1=C(Cc2ccc(-c3nc4ccccc4s3)cc2)NC(=O)OC=C1. The van der Waals surface area contributed by atoms with Gasteiger partial charge in [0, 0.05) is 17.7 Å². The lowest BCUT2D eigenvalue weighted by Crippen LogP contribution is -2.23. The number of hydrogen-bond donors (Lipinski definition) is 1. The highest BCUT2D eigenvalue weighted by atomic mass is 32.1. The maximum Gasteiger partial charge on any atom is 0.416 e. The van der Waals surface area contributed by atoms with Crippen molar-refractivity contribution in [1.29, 1.82) is 0 Å². The Morgan fingerprint density at radius 1 is 1.12 bits per heavy atom. The second kappa shape index (κ2) is 7.14. The predicted molar refractivity (Wildman–Crippen MR) is 105 cm³/mol. The van der Waals surface area contributed by atoms with Crippen molar-refractivity contribution in [2.75, 3.05) is 0 Å². The second-order valence-electron chi connectivity index (χ2n) is 6.05. The van der Waals surface area contributed by atoms with Gasteiger partial charge in [0.1, 0.15) is 5.01 Å². The Hall–Kier alpha value is -2.92. The molecule has 3 aromatic rings. The van der Waals surface area contributed by atoms with Crippen LogP contribution in [0.5, 0.6) is 0 Å². The average molecular weight is 362 g/mol. The van der Waals surface area contributed by atoms with E-state index in [0.29, 0.717) is 6.42 Å². The Labute approximate surface area is 155 Å². The summed E-state index contributed by atoms with van der Waals surface area (Å²) in [5, 5.41) is 3.86. The standard InChI is InChI=1S/C21H18N2O2S/c1-2-15-11-12-25-21(24)23-18(15)13-14-7-9-16(10-8-14)20-22-17-5-3-4-6-19(17)26-20/h3-12H,2,13H2,1H3,(H,23,24). The van der Waals surface area contributed by atoms with Crippen molar-refractivity contribution < 1.29 is 9.53 Å². The predicted octanol–water partition coefficient (Wildman–Crippen LogP) is 5.42. The van der Waals surface area contributed by atoms with Gasteiger partial charge in [0.15, 0.2) is 0 Å². The zero-order valence-electron chi connectivity index (χ0n) is 14.4. The van der Waals surface area contributed by atoms with E-state index >= 15 is 0 Å². The van der Waals surface area contributed by atoms with Crippen molar-refractivity contribution in [3.8, 4) is 10.6 Å². The van der Waals surface area contributed by atoms with E-state index in [4.69, 9.17) is 9.72 Å². The summed E-state index contributed by atoms with van der Waals surface area (Å²) in [4.78, 5) is 16.3. The number of benzene rings is 2. The third-order valence-electron chi connectivity index (χ3n) is 4.34. The summed E-state index contributed by atoms with van der Waals surface area (Å²) < 4.78 is 6.12. The molecule has 2 heterocycles. The number of nitrogens with zero attached hydrogens (tertiary/aromatic N) is 1. The molecule has 4 nitrogen and oxygen atoms in total. The van der Waals surface area contributed by atoms with Crippen LogP contribution in [-0.4, -0.2) is 11.1 Å². The van der Waals surface area contributed by atoms with Crippen LogP contribution in [0.2, 0.25) is 0 Å². The van der Waals surface area contributed by atoms with E-state index in [-0.39, 0.29) is 0 Å². The molecular formula is C21H18N2O2S. The second-order valence-corrected chi connectivity index (χ2v) is 7.08. The zero-order valence-corrected chi connectivity index (χ0v) is 15.2. The van der Waals surface area contributed by atoms with Crippen molar-refractivity contribution in [2.45, 2.75) is 19.8 Å². The Balaban J connectivity index is 1.58. The van der Waals surface area contributed by atoms with Crippen LogP contribution in [0.25, 0.3) is 20.8 Å². The van der Waals surface area contributed by atoms with Crippen LogP contribution >= 0.6 is 11.3 Å². The summed E-state index contributed by atoms with van der Waals surface area (Å²) in [5.74, 6) is 0. The molecule has 1 N–H and O–H groups in total. The molecule has 130 valence electrons. The van der Waals surface area contributed by atoms with Crippen LogP contribution < -0.4 is 5.32 Å². The Morgan fingerprint density at radius 2 is 1.92 bits per heavy atom. The number of rotatable bonds is 4. The van der Waals surface area contributed by atoms with Gasteiger partial charge in [-0.25, -0.2) is 9.78 Å². The highest BCUT2D eigenvalue weighted by Gasteiger charge is 2.13. The van der Waals surface area contributed by atoms with Gasteiger partial charge < -0.3 is 4.74 Å². The fourth-order valence-electron chi connectivity index (χ4n) is 2.97. The molecule has 0 saturated heterocycles. The van der Waals surface area contributed by atoms with E-state index in [9.17, 15) is 4.79 Å². The van der Waals surface area contributed by atoms with E-state index in [0.717, 1.165) is 39.3 Å². The third kappa shape index (κ3) is 3.39. The first-order valence-corrected chi connectivity index (χ1v) is 9.35. The maximum absolute atomic E-state index is 11.6. The normalized spacial score (nSPS) is 14.3. The van der Waals surface area contributed by atoms with Gasteiger partial charge in [-0.3, -0.25) is 5.32 Å². The lowest BCUT2D eigenvalue weighted by Gasteiger charge is -2.11. The first-order chi connectivity index (χ1) is 12.7. The number of fused-ring (bicyclic) bond motifs is 1. The number of carbonyl (C=O) groups is 1. The molecule has 1 aliphatic heterocycles. The van der Waals surface area contributed by atoms with Gasteiger partial charge in [-0.2, -0.15) is 0 Å². The summed E-state index contributed by atoms with van der Waals surface area (Å²) in [6.07, 6.45) is 4.34. The fourth-order valence-corrected chi connectivity index (χ4v) is 3.94. The van der Waals surface area contributed by atoms with Crippen LogP contribution in [0.15, 0.2) is 72.1 Å². The van der Waals surface area contributed by atoms with Crippen LogP contribution in [0.1, 0.15) is 18.9 Å². The number of aromatic nitrogens is 1. The minimum atomic E-state index is -0.439. The summed E-state index contributed by atoms with van der Waals surface area (Å²) in [6.45, 7) is 2.06. The molecule has 0 bridgehead atoms. The Kier molecular flexibility index (Phi) is 4.54. The van der Waals surface area contributed by atoms with Crippen molar-refractivity contribution in [3.63, 3.8) is 0 Å². The largest absolute Gasteiger partial charge is 0.418 e. The van der Waals surface area contributed by atoms with Gasteiger partial charge in [0.2, 0.25) is 0 Å². The Bertz CT molecular complexity index is 983. The van der Waals surface area contributed by atoms with Crippen molar-refractivity contribution >= 4 is 27.6 Å². The average Bonchev–Trinajstić information content (AvgIpc) is 3.01. The zero-order chi connectivity index (χ0) is 17.9. The molecule has 4 rings (SSSR count). The molecule has 0 atom stereocenters. The molecule has 0 aliphatic carbocycles. The Morgan fingerprint density at radius 3 is 2.69 bits per heavy atom. The highest BCUT2D eigenvalue weighted by molar-refractivity contribution is 7.21. The molecular weight excluding hydrogens is 344 g/mol. The lowest BCUT2D eigenvalue weighted by molar-refractivity contribution is 0.189. The molecule has 1 amide bonds. The van der Waals surface area contributed by atoms with Crippen molar-refractivity contribution in [1.82, 2.24) is 10.3 Å². The van der Waals surface area contributed by atoms with Gasteiger partial charge >= 0.3 is 6.09 Å². The number of carbonyl (C=O) groups excluding carboxylic acids is 1. The van der Waals surface area contributed by atoms with Gasteiger partial charge in [0.05, 0.1) is 16.5 Å². The van der Waals surface area contributed by atoms with Gasteiger partial charge in [-0.05, 0) is 35.8 Å². The number of ether oxygens (including phenoxy) is 1. The van der Waals surface area contributed by atoms with Crippen LogP contribution in [0.4, 0.5) is 4.79 Å². The molecule has 2 aromatic carbocycles. The smallest absolute Gasteiger partial charge is 0.416 e. The molecule has 26 heavy (non-hydrogen) atoms. The van der Waals surface area contributed by atoms with Crippen molar-refractivity contribution in [2.24, 2.45) is 0 Å². The molecule has 0 saturated carbocycles. The molecule has 0 spiro atoms. The van der Waals surface area contributed by atoms with E-state index in [1.807, 2.05) is 24.3 Å². The summed E-state index contributed by atoms with van der Waals surface area (Å²) in [5.41, 5.74) is 5.23. The van der Waals surface area contributed by atoms with Crippen LogP contribution in [0, 0.1) is 0 Å². The minimum Gasteiger partial charge on any atom is -0.418 e. The van der Waals surface area contributed by atoms with Crippen molar-refractivity contribution in [3.05, 3.63) is 77.7 Å². The number of para-hydroxylation sites is 1. The molecule has 5 heteroatoms. The topological polar surface area (TPSA) is 51.2 Å². The van der Waals surface area contributed by atoms with E-state index in [1.54, 1.807) is 11.3 Å². The summed E-state index contributed by atoms with van der Waals surface area (Å²) >= 11 is 1.70. The number of alkyl carbamates (subject to hydrolysis) is 1.